The van der Waals surface area contributed by atoms with Crippen molar-refractivity contribution >= 4 is 11.0 Å². The average molecular weight is 299 g/mol. The Hall–Kier alpha value is -1.68. The number of ether oxygens (including phenoxy) is 1. The van der Waals surface area contributed by atoms with Crippen LogP contribution in [-0.2, 0) is 6.42 Å². The molecule has 118 valence electrons. The van der Waals surface area contributed by atoms with Gasteiger partial charge in [0.05, 0.1) is 18.1 Å². The summed E-state index contributed by atoms with van der Waals surface area (Å²) in [6, 6.07) is 5.95. The summed E-state index contributed by atoms with van der Waals surface area (Å²) in [4.78, 5) is 11.6. The number of likely N-dealkylation sites (tertiary alicyclic amines) is 1. The van der Waals surface area contributed by atoms with Crippen LogP contribution in [0.25, 0.3) is 11.0 Å². The van der Waals surface area contributed by atoms with E-state index >= 15 is 0 Å². The lowest BCUT2D eigenvalue weighted by Gasteiger charge is -2.32. The Morgan fingerprint density at radius 1 is 1.32 bits per heavy atom. The van der Waals surface area contributed by atoms with Crippen LogP contribution in [0.4, 0.5) is 0 Å². The summed E-state index contributed by atoms with van der Waals surface area (Å²) in [5, 5.41) is 0. The maximum absolute atomic E-state index is 5.25. The Bertz CT molecular complexity index is 629. The molecule has 4 nitrogen and oxygen atoms in total. The summed E-state index contributed by atoms with van der Waals surface area (Å²) >= 11 is 0. The van der Waals surface area contributed by atoms with E-state index in [4.69, 9.17) is 4.74 Å². The van der Waals surface area contributed by atoms with Crippen molar-refractivity contribution in [3.63, 3.8) is 0 Å². The minimum atomic E-state index is 0.658. The maximum Gasteiger partial charge on any atom is 0.213 e. The van der Waals surface area contributed by atoms with E-state index in [1.807, 2.05) is 18.3 Å². The molecule has 22 heavy (non-hydrogen) atoms. The smallest absolute Gasteiger partial charge is 0.213 e. The lowest BCUT2D eigenvalue weighted by molar-refractivity contribution is 0.173. The zero-order valence-electron chi connectivity index (χ0n) is 13.6. The van der Waals surface area contributed by atoms with Gasteiger partial charge < -0.3 is 9.64 Å². The van der Waals surface area contributed by atoms with Gasteiger partial charge in [-0.05, 0) is 49.4 Å². The fourth-order valence-corrected chi connectivity index (χ4v) is 3.34. The first-order chi connectivity index (χ1) is 10.8. The molecule has 3 rings (SSSR count). The summed E-state index contributed by atoms with van der Waals surface area (Å²) in [5.41, 5.74) is 3.19. The van der Waals surface area contributed by atoms with Crippen LogP contribution in [-0.4, -0.2) is 41.6 Å². The molecule has 1 fully saturated rings. The molecule has 0 aliphatic carbocycles. The highest BCUT2D eigenvalue weighted by atomic mass is 16.5. The Balaban J connectivity index is 1.73. The van der Waals surface area contributed by atoms with Gasteiger partial charge in [0.1, 0.15) is 0 Å². The lowest BCUT2D eigenvalue weighted by atomic mass is 9.95. The topological polar surface area (TPSA) is 38.2 Å². The number of nitrogens with zero attached hydrogens (tertiary/aromatic N) is 3. The van der Waals surface area contributed by atoms with Crippen molar-refractivity contribution in [1.29, 1.82) is 0 Å². The van der Waals surface area contributed by atoms with Crippen LogP contribution in [0.1, 0.15) is 31.7 Å². The Kier molecular flexibility index (Phi) is 4.88. The Labute approximate surface area is 132 Å². The normalized spacial score (nSPS) is 19.5. The zero-order valence-corrected chi connectivity index (χ0v) is 13.6. The number of hydrogen-bond acceptors (Lipinski definition) is 4. The molecular weight excluding hydrogens is 274 g/mol. The second kappa shape index (κ2) is 7.05. The molecule has 1 aliphatic heterocycles. The summed E-state index contributed by atoms with van der Waals surface area (Å²) in [6.45, 7) is 5.89. The zero-order chi connectivity index (χ0) is 15.4. The van der Waals surface area contributed by atoms with Crippen molar-refractivity contribution in [3.05, 3.63) is 30.0 Å². The summed E-state index contributed by atoms with van der Waals surface area (Å²) < 4.78 is 5.25. The van der Waals surface area contributed by atoms with Gasteiger partial charge in [0.2, 0.25) is 5.88 Å². The third kappa shape index (κ3) is 3.38. The van der Waals surface area contributed by atoms with E-state index in [1.165, 1.54) is 37.9 Å². The van der Waals surface area contributed by atoms with E-state index in [9.17, 15) is 0 Å². The third-order valence-corrected chi connectivity index (χ3v) is 4.73. The van der Waals surface area contributed by atoms with Gasteiger partial charge >= 0.3 is 0 Å². The van der Waals surface area contributed by atoms with Gasteiger partial charge in [-0.2, -0.15) is 0 Å². The van der Waals surface area contributed by atoms with Crippen LogP contribution in [0.3, 0.4) is 0 Å². The summed E-state index contributed by atoms with van der Waals surface area (Å²) in [7, 11) is 1.66. The van der Waals surface area contributed by atoms with Gasteiger partial charge in [0.15, 0.2) is 0 Å². The molecule has 1 aliphatic rings. The van der Waals surface area contributed by atoms with Gasteiger partial charge in [0, 0.05) is 25.4 Å². The van der Waals surface area contributed by atoms with Crippen molar-refractivity contribution < 1.29 is 4.74 Å². The second-order valence-electron chi connectivity index (χ2n) is 6.16. The van der Waals surface area contributed by atoms with E-state index in [0.29, 0.717) is 5.88 Å². The van der Waals surface area contributed by atoms with Crippen LogP contribution in [0.15, 0.2) is 24.4 Å². The number of rotatable bonds is 5. The van der Waals surface area contributed by atoms with E-state index < -0.39 is 0 Å². The molecule has 0 bridgehead atoms. The predicted molar refractivity (Wildman–Crippen MR) is 89.2 cm³/mol. The SMILES string of the molecule is CCC1CCCN(CCc2ccnc3ccc(OC)nc23)C1. The minimum absolute atomic E-state index is 0.658. The number of methoxy groups -OCH3 is 1. The fraction of sp³-hybridized carbons (Fsp3) is 0.556. The predicted octanol–water partition coefficient (Wildman–Crippen LogP) is 3.30. The highest BCUT2D eigenvalue weighted by Crippen LogP contribution is 2.21. The van der Waals surface area contributed by atoms with Crippen LogP contribution in [0.5, 0.6) is 5.88 Å². The maximum atomic E-state index is 5.25. The van der Waals surface area contributed by atoms with E-state index in [-0.39, 0.29) is 0 Å². The summed E-state index contributed by atoms with van der Waals surface area (Å²) in [6.07, 6.45) is 6.94. The molecule has 1 saturated heterocycles. The van der Waals surface area contributed by atoms with Crippen molar-refractivity contribution in [2.75, 3.05) is 26.7 Å². The number of piperidine rings is 1. The van der Waals surface area contributed by atoms with Gasteiger partial charge in [-0.15, -0.1) is 0 Å². The van der Waals surface area contributed by atoms with Crippen LogP contribution in [0, 0.1) is 5.92 Å². The Morgan fingerprint density at radius 2 is 2.23 bits per heavy atom. The molecular formula is C18H25N3O. The van der Waals surface area contributed by atoms with Crippen LogP contribution < -0.4 is 4.74 Å². The fourth-order valence-electron chi connectivity index (χ4n) is 3.34. The molecule has 0 N–H and O–H groups in total. The largest absolute Gasteiger partial charge is 0.481 e. The molecule has 0 aromatic carbocycles. The molecule has 2 aromatic heterocycles. The molecule has 0 amide bonds. The Morgan fingerprint density at radius 3 is 3.05 bits per heavy atom. The number of hydrogen-bond donors (Lipinski definition) is 0. The second-order valence-corrected chi connectivity index (χ2v) is 6.16. The lowest BCUT2D eigenvalue weighted by Crippen LogP contribution is -2.36. The van der Waals surface area contributed by atoms with Crippen molar-refractivity contribution in [2.45, 2.75) is 32.6 Å². The first kappa shape index (κ1) is 15.2. The first-order valence-electron chi connectivity index (χ1n) is 8.31. The van der Waals surface area contributed by atoms with E-state index in [2.05, 4.69) is 27.9 Å². The molecule has 1 atom stereocenters. The summed E-state index contributed by atoms with van der Waals surface area (Å²) in [5.74, 6) is 1.53. The molecule has 3 heterocycles. The number of aromatic nitrogens is 2. The average Bonchev–Trinajstić information content (AvgIpc) is 2.59. The van der Waals surface area contributed by atoms with E-state index in [1.54, 1.807) is 7.11 Å². The van der Waals surface area contributed by atoms with Crippen LogP contribution in [0.2, 0.25) is 0 Å². The quantitative estimate of drug-likeness (QED) is 0.849. The van der Waals surface area contributed by atoms with E-state index in [0.717, 1.165) is 29.9 Å². The molecule has 0 spiro atoms. The number of pyridine rings is 2. The molecule has 0 saturated carbocycles. The monoisotopic (exact) mass is 299 g/mol. The molecule has 2 aromatic rings. The molecule has 1 unspecified atom stereocenters. The minimum Gasteiger partial charge on any atom is -0.481 e. The highest BCUT2D eigenvalue weighted by Gasteiger charge is 2.18. The highest BCUT2D eigenvalue weighted by molar-refractivity contribution is 5.78. The van der Waals surface area contributed by atoms with Crippen LogP contribution >= 0.6 is 0 Å². The van der Waals surface area contributed by atoms with Crippen molar-refractivity contribution in [2.24, 2.45) is 5.92 Å². The van der Waals surface area contributed by atoms with Gasteiger partial charge in [-0.3, -0.25) is 4.98 Å². The van der Waals surface area contributed by atoms with Gasteiger partial charge in [-0.1, -0.05) is 13.3 Å². The van der Waals surface area contributed by atoms with Crippen molar-refractivity contribution in [3.8, 4) is 5.88 Å². The third-order valence-electron chi connectivity index (χ3n) is 4.73. The van der Waals surface area contributed by atoms with Crippen molar-refractivity contribution in [1.82, 2.24) is 14.9 Å². The first-order valence-corrected chi connectivity index (χ1v) is 8.31. The van der Waals surface area contributed by atoms with Gasteiger partial charge in [-0.25, -0.2) is 4.98 Å². The molecule has 0 radical (unpaired) electrons. The number of fused-ring (bicyclic) bond motifs is 1. The standard InChI is InChI=1S/C18H25N3O/c1-3-14-5-4-11-21(13-14)12-9-15-8-10-19-16-6-7-17(22-2)20-18(15)16/h6-8,10,14H,3-5,9,11-13H2,1-2H3. The van der Waals surface area contributed by atoms with Gasteiger partial charge in [0.25, 0.3) is 0 Å². The molecule has 4 heteroatoms.